The van der Waals surface area contributed by atoms with Crippen LogP contribution in [0.5, 0.6) is 11.5 Å². The molecule has 2 aromatic rings. The molecule has 20 heavy (non-hydrogen) atoms. The van der Waals surface area contributed by atoms with Gasteiger partial charge < -0.3 is 9.47 Å². The van der Waals surface area contributed by atoms with E-state index < -0.39 is 0 Å². The van der Waals surface area contributed by atoms with E-state index in [-0.39, 0.29) is 0 Å². The standard InChI is InChI=1S/C17H16O3/c1-19-16-11-4-3-9-14(16)15-10-5-7-13(8-6-12-18)17(15)20-2/h3-12H,1-2H3/b8-6+. The summed E-state index contributed by atoms with van der Waals surface area (Å²) in [6.07, 6.45) is 3.92. The summed E-state index contributed by atoms with van der Waals surface area (Å²) in [4.78, 5) is 10.5. The van der Waals surface area contributed by atoms with Crippen LogP contribution in [0.15, 0.2) is 48.5 Å². The van der Waals surface area contributed by atoms with Crippen molar-refractivity contribution in [3.8, 4) is 22.6 Å². The van der Waals surface area contributed by atoms with Gasteiger partial charge in [0.15, 0.2) is 0 Å². The smallest absolute Gasteiger partial charge is 0.142 e. The molecule has 0 aromatic heterocycles. The molecule has 0 atom stereocenters. The molecule has 0 amide bonds. The Morgan fingerprint density at radius 1 is 0.900 bits per heavy atom. The Bertz CT molecular complexity index is 630. The van der Waals surface area contributed by atoms with Crippen LogP contribution in [0.25, 0.3) is 17.2 Å². The van der Waals surface area contributed by atoms with E-state index in [0.717, 1.165) is 34.5 Å². The largest absolute Gasteiger partial charge is 0.496 e. The van der Waals surface area contributed by atoms with Crippen LogP contribution >= 0.6 is 0 Å². The number of carbonyl (C=O) groups is 1. The van der Waals surface area contributed by atoms with Gasteiger partial charge in [-0.2, -0.15) is 0 Å². The van der Waals surface area contributed by atoms with Crippen molar-refractivity contribution >= 4 is 12.4 Å². The zero-order valence-electron chi connectivity index (χ0n) is 11.5. The Balaban J connectivity index is 2.62. The highest BCUT2D eigenvalue weighted by atomic mass is 16.5. The third-order valence-corrected chi connectivity index (χ3v) is 3.00. The van der Waals surface area contributed by atoms with Crippen LogP contribution in [0.1, 0.15) is 5.56 Å². The van der Waals surface area contributed by atoms with Crippen LogP contribution in [-0.2, 0) is 4.79 Å². The fourth-order valence-electron chi connectivity index (χ4n) is 2.14. The molecule has 2 rings (SSSR count). The minimum atomic E-state index is 0.718. The third-order valence-electron chi connectivity index (χ3n) is 3.00. The molecule has 0 aliphatic carbocycles. The Hall–Kier alpha value is -2.55. The second kappa shape index (κ2) is 6.57. The summed E-state index contributed by atoms with van der Waals surface area (Å²) in [6, 6.07) is 13.5. The van der Waals surface area contributed by atoms with Crippen molar-refractivity contribution in [3.63, 3.8) is 0 Å². The van der Waals surface area contributed by atoms with Crippen molar-refractivity contribution in [1.29, 1.82) is 0 Å². The summed E-state index contributed by atoms with van der Waals surface area (Å²) in [6.45, 7) is 0. The Kier molecular flexibility index (Phi) is 4.56. The van der Waals surface area contributed by atoms with Crippen molar-refractivity contribution in [2.24, 2.45) is 0 Å². The predicted octanol–water partition coefficient (Wildman–Crippen LogP) is 3.58. The normalized spacial score (nSPS) is 10.5. The van der Waals surface area contributed by atoms with Crippen LogP contribution in [0.2, 0.25) is 0 Å². The molecule has 0 spiro atoms. The zero-order chi connectivity index (χ0) is 14.4. The lowest BCUT2D eigenvalue weighted by molar-refractivity contribution is -0.104. The van der Waals surface area contributed by atoms with E-state index >= 15 is 0 Å². The van der Waals surface area contributed by atoms with E-state index in [1.165, 1.54) is 6.08 Å². The Labute approximate surface area is 118 Å². The first kappa shape index (κ1) is 13.9. The number of rotatable bonds is 5. The van der Waals surface area contributed by atoms with Crippen molar-refractivity contribution in [2.45, 2.75) is 0 Å². The second-order valence-electron chi connectivity index (χ2n) is 4.12. The molecule has 3 nitrogen and oxygen atoms in total. The molecule has 0 saturated heterocycles. The lowest BCUT2D eigenvalue weighted by atomic mass is 10.00. The van der Waals surface area contributed by atoms with Gasteiger partial charge in [0.05, 0.1) is 14.2 Å². The molecule has 0 unspecified atom stereocenters. The first-order chi connectivity index (χ1) is 9.81. The number of para-hydroxylation sites is 2. The molecule has 0 radical (unpaired) electrons. The monoisotopic (exact) mass is 268 g/mol. The lowest BCUT2D eigenvalue weighted by Crippen LogP contribution is -1.93. The summed E-state index contributed by atoms with van der Waals surface area (Å²) >= 11 is 0. The van der Waals surface area contributed by atoms with Crippen molar-refractivity contribution in [2.75, 3.05) is 14.2 Å². The summed E-state index contributed by atoms with van der Waals surface area (Å²) in [7, 11) is 3.26. The van der Waals surface area contributed by atoms with Gasteiger partial charge in [-0.05, 0) is 18.2 Å². The third kappa shape index (κ3) is 2.72. The van der Waals surface area contributed by atoms with E-state index in [9.17, 15) is 4.79 Å². The highest BCUT2D eigenvalue weighted by molar-refractivity contribution is 5.82. The van der Waals surface area contributed by atoms with Crippen LogP contribution in [0.3, 0.4) is 0 Å². The number of ether oxygens (including phenoxy) is 2. The zero-order valence-corrected chi connectivity index (χ0v) is 11.5. The summed E-state index contributed by atoms with van der Waals surface area (Å²) < 4.78 is 10.9. The molecular weight excluding hydrogens is 252 g/mol. The van der Waals surface area contributed by atoms with Gasteiger partial charge in [0.2, 0.25) is 0 Å². The van der Waals surface area contributed by atoms with Crippen LogP contribution in [0.4, 0.5) is 0 Å². The van der Waals surface area contributed by atoms with Gasteiger partial charge in [-0.15, -0.1) is 0 Å². The number of allylic oxidation sites excluding steroid dienone is 1. The molecular formula is C17H16O3. The highest BCUT2D eigenvalue weighted by Gasteiger charge is 2.12. The number of hydrogen-bond donors (Lipinski definition) is 0. The first-order valence-electron chi connectivity index (χ1n) is 6.24. The van der Waals surface area contributed by atoms with E-state index in [1.54, 1.807) is 20.3 Å². The minimum absolute atomic E-state index is 0.718. The summed E-state index contributed by atoms with van der Waals surface area (Å²) in [5.74, 6) is 1.50. The first-order valence-corrected chi connectivity index (χ1v) is 6.24. The van der Waals surface area contributed by atoms with Crippen LogP contribution in [-0.4, -0.2) is 20.5 Å². The number of hydrogen-bond acceptors (Lipinski definition) is 3. The van der Waals surface area contributed by atoms with Crippen molar-refractivity contribution in [3.05, 3.63) is 54.1 Å². The molecule has 0 aliphatic rings. The predicted molar refractivity (Wildman–Crippen MR) is 80.1 cm³/mol. The summed E-state index contributed by atoms with van der Waals surface area (Å²) in [5, 5.41) is 0. The Morgan fingerprint density at radius 2 is 1.65 bits per heavy atom. The van der Waals surface area contributed by atoms with Crippen LogP contribution in [0, 0.1) is 0 Å². The Morgan fingerprint density at radius 3 is 2.35 bits per heavy atom. The molecule has 102 valence electrons. The summed E-state index contributed by atoms with van der Waals surface area (Å²) in [5.41, 5.74) is 2.73. The molecule has 0 aliphatic heterocycles. The van der Waals surface area contributed by atoms with Gasteiger partial charge in [-0.25, -0.2) is 0 Å². The molecule has 0 fully saturated rings. The van der Waals surface area contributed by atoms with E-state index in [4.69, 9.17) is 9.47 Å². The van der Waals surface area contributed by atoms with E-state index in [1.807, 2.05) is 42.5 Å². The van der Waals surface area contributed by atoms with Gasteiger partial charge in [-0.1, -0.05) is 36.4 Å². The molecule has 2 aromatic carbocycles. The van der Waals surface area contributed by atoms with Crippen molar-refractivity contribution < 1.29 is 14.3 Å². The fraction of sp³-hybridized carbons (Fsp3) is 0.118. The second-order valence-corrected chi connectivity index (χ2v) is 4.12. The molecule has 3 heteroatoms. The lowest BCUT2D eigenvalue weighted by Gasteiger charge is -2.14. The highest BCUT2D eigenvalue weighted by Crippen LogP contribution is 2.38. The SMILES string of the molecule is COc1ccccc1-c1cccc(/C=C/C=O)c1OC. The topological polar surface area (TPSA) is 35.5 Å². The molecule has 0 N–H and O–H groups in total. The average Bonchev–Trinajstić information content (AvgIpc) is 2.52. The maximum absolute atomic E-state index is 10.5. The number of carbonyl (C=O) groups excluding carboxylic acids is 1. The number of benzene rings is 2. The number of methoxy groups -OCH3 is 2. The minimum Gasteiger partial charge on any atom is -0.496 e. The fourth-order valence-corrected chi connectivity index (χ4v) is 2.14. The van der Waals surface area contributed by atoms with Crippen LogP contribution < -0.4 is 9.47 Å². The van der Waals surface area contributed by atoms with Gasteiger partial charge in [0.25, 0.3) is 0 Å². The van der Waals surface area contributed by atoms with Gasteiger partial charge in [-0.3, -0.25) is 4.79 Å². The molecule has 0 bridgehead atoms. The van der Waals surface area contributed by atoms with Gasteiger partial charge >= 0.3 is 0 Å². The maximum atomic E-state index is 10.5. The quantitative estimate of drug-likeness (QED) is 0.614. The van der Waals surface area contributed by atoms with Crippen molar-refractivity contribution in [1.82, 2.24) is 0 Å². The van der Waals surface area contributed by atoms with E-state index in [2.05, 4.69) is 0 Å². The molecule has 0 saturated carbocycles. The molecule has 0 heterocycles. The average molecular weight is 268 g/mol. The number of aldehydes is 1. The van der Waals surface area contributed by atoms with Gasteiger partial charge in [0.1, 0.15) is 17.8 Å². The van der Waals surface area contributed by atoms with E-state index in [0.29, 0.717) is 0 Å². The van der Waals surface area contributed by atoms with Gasteiger partial charge in [0, 0.05) is 16.7 Å². The maximum Gasteiger partial charge on any atom is 0.142 e.